The first-order valence-corrected chi connectivity index (χ1v) is 7.67. The van der Waals surface area contributed by atoms with Crippen LogP contribution in [-0.4, -0.2) is 9.91 Å². The van der Waals surface area contributed by atoms with Crippen LogP contribution in [0.3, 0.4) is 0 Å². The van der Waals surface area contributed by atoms with E-state index in [9.17, 15) is 10.1 Å². The molecule has 0 amide bonds. The molecule has 0 aliphatic rings. The molecule has 1 aromatic heterocycles. The predicted molar refractivity (Wildman–Crippen MR) is 96.1 cm³/mol. The van der Waals surface area contributed by atoms with E-state index in [-0.39, 0.29) is 5.69 Å². The molecule has 4 nitrogen and oxygen atoms in total. The second kappa shape index (κ2) is 5.42. The maximum atomic E-state index is 10.8. The van der Waals surface area contributed by atoms with Crippen molar-refractivity contribution in [2.45, 2.75) is 6.92 Å². The van der Waals surface area contributed by atoms with Crippen molar-refractivity contribution >= 4 is 27.4 Å². The number of nitro groups is 1. The Morgan fingerprint density at radius 1 is 0.917 bits per heavy atom. The van der Waals surface area contributed by atoms with Crippen LogP contribution in [0.5, 0.6) is 0 Å². The van der Waals surface area contributed by atoms with E-state index < -0.39 is 4.92 Å². The zero-order valence-corrected chi connectivity index (χ0v) is 13.1. The second-order valence-electron chi connectivity index (χ2n) is 5.81. The first-order valence-electron chi connectivity index (χ1n) is 7.67. The molecule has 0 saturated carbocycles. The zero-order valence-electron chi connectivity index (χ0n) is 13.1. The summed E-state index contributed by atoms with van der Waals surface area (Å²) in [6.07, 6.45) is 0. The second-order valence-corrected chi connectivity index (χ2v) is 5.81. The Morgan fingerprint density at radius 3 is 2.42 bits per heavy atom. The Hall–Kier alpha value is -3.27. The Labute approximate surface area is 138 Å². The maximum absolute atomic E-state index is 10.8. The molecule has 0 aliphatic heterocycles. The first kappa shape index (κ1) is 14.3. The molecule has 116 valence electrons. The van der Waals surface area contributed by atoms with Crippen LogP contribution in [0.15, 0.2) is 66.7 Å². The predicted octanol–water partition coefficient (Wildman–Crippen LogP) is 5.27. The smallest absolute Gasteiger partial charge is 0.258 e. The minimum Gasteiger partial charge on any atom is -0.258 e. The van der Waals surface area contributed by atoms with Crippen molar-refractivity contribution in [1.29, 1.82) is 0 Å². The minimum atomic E-state index is -0.392. The molecule has 0 radical (unpaired) electrons. The van der Waals surface area contributed by atoms with Gasteiger partial charge in [-0.25, -0.2) is 4.98 Å². The molecular formula is C20H14N2O2. The number of non-ortho nitro benzene ring substituents is 1. The van der Waals surface area contributed by atoms with E-state index in [1.165, 1.54) is 22.9 Å². The molecule has 3 aromatic carbocycles. The van der Waals surface area contributed by atoms with Crippen molar-refractivity contribution in [3.05, 3.63) is 82.4 Å². The number of fused-ring (bicyclic) bond motifs is 3. The highest BCUT2D eigenvalue weighted by Gasteiger charge is 2.10. The highest BCUT2D eigenvalue weighted by Crippen LogP contribution is 2.30. The van der Waals surface area contributed by atoms with Gasteiger partial charge in [0.05, 0.1) is 16.1 Å². The van der Waals surface area contributed by atoms with E-state index in [1.807, 2.05) is 25.1 Å². The Bertz CT molecular complexity index is 1090. The number of nitrogens with zero attached hydrogens (tertiary/aromatic N) is 2. The number of aryl methyl sites for hydroxylation is 1. The van der Waals surface area contributed by atoms with Crippen molar-refractivity contribution in [3.63, 3.8) is 0 Å². The van der Waals surface area contributed by atoms with Crippen molar-refractivity contribution in [1.82, 2.24) is 4.98 Å². The van der Waals surface area contributed by atoms with E-state index in [0.29, 0.717) is 0 Å². The van der Waals surface area contributed by atoms with Crippen LogP contribution < -0.4 is 0 Å². The summed E-state index contributed by atoms with van der Waals surface area (Å²) < 4.78 is 0. The van der Waals surface area contributed by atoms with Crippen LogP contribution in [0.2, 0.25) is 0 Å². The van der Waals surface area contributed by atoms with Gasteiger partial charge in [-0.1, -0.05) is 30.3 Å². The molecule has 0 aliphatic carbocycles. The average Bonchev–Trinajstić information content (AvgIpc) is 2.61. The third-order valence-corrected chi connectivity index (χ3v) is 4.27. The summed E-state index contributed by atoms with van der Waals surface area (Å²) >= 11 is 0. The topological polar surface area (TPSA) is 56.0 Å². The Kier molecular flexibility index (Phi) is 3.24. The average molecular weight is 314 g/mol. The van der Waals surface area contributed by atoms with Gasteiger partial charge in [-0.15, -0.1) is 0 Å². The quantitative estimate of drug-likeness (QED) is 0.288. The van der Waals surface area contributed by atoms with Gasteiger partial charge >= 0.3 is 0 Å². The summed E-state index contributed by atoms with van der Waals surface area (Å²) in [6.45, 7) is 2.02. The fourth-order valence-electron chi connectivity index (χ4n) is 3.06. The standard InChI is InChI=1S/C20H14N2O2/c1-13-12-18-17-5-3-2-4-14(17)8-11-19(18)21-20(13)15-6-9-16(10-7-15)22(23)24/h2-12H,1H3. The molecule has 4 aromatic rings. The summed E-state index contributed by atoms with van der Waals surface area (Å²) in [4.78, 5) is 15.2. The number of benzene rings is 3. The van der Waals surface area contributed by atoms with Crippen LogP contribution in [0.4, 0.5) is 5.69 Å². The fourth-order valence-corrected chi connectivity index (χ4v) is 3.06. The van der Waals surface area contributed by atoms with Gasteiger partial charge in [0.15, 0.2) is 0 Å². The van der Waals surface area contributed by atoms with Gasteiger partial charge in [0.2, 0.25) is 0 Å². The number of pyridine rings is 1. The van der Waals surface area contributed by atoms with E-state index in [2.05, 4.69) is 24.3 Å². The maximum Gasteiger partial charge on any atom is 0.269 e. The summed E-state index contributed by atoms with van der Waals surface area (Å²) in [5.74, 6) is 0. The Morgan fingerprint density at radius 2 is 1.67 bits per heavy atom. The molecule has 4 heteroatoms. The Balaban J connectivity index is 1.92. The highest BCUT2D eigenvalue weighted by molar-refractivity contribution is 6.06. The molecule has 4 rings (SSSR count). The third-order valence-electron chi connectivity index (χ3n) is 4.27. The lowest BCUT2D eigenvalue weighted by atomic mass is 10.0. The summed E-state index contributed by atoms with van der Waals surface area (Å²) in [6, 6.07) is 21.0. The fraction of sp³-hybridized carbons (Fsp3) is 0.0500. The number of aromatic nitrogens is 1. The third kappa shape index (κ3) is 2.29. The van der Waals surface area contributed by atoms with Crippen molar-refractivity contribution in [3.8, 4) is 11.3 Å². The molecule has 0 bridgehead atoms. The summed E-state index contributed by atoms with van der Waals surface area (Å²) in [7, 11) is 0. The van der Waals surface area contributed by atoms with E-state index in [1.54, 1.807) is 12.1 Å². The van der Waals surface area contributed by atoms with Crippen LogP contribution >= 0.6 is 0 Å². The van der Waals surface area contributed by atoms with Crippen molar-refractivity contribution in [2.24, 2.45) is 0 Å². The van der Waals surface area contributed by atoms with Crippen molar-refractivity contribution < 1.29 is 4.92 Å². The lowest BCUT2D eigenvalue weighted by Gasteiger charge is -2.09. The van der Waals surface area contributed by atoms with E-state index >= 15 is 0 Å². The molecule has 0 saturated heterocycles. The van der Waals surface area contributed by atoms with Crippen LogP contribution in [-0.2, 0) is 0 Å². The van der Waals surface area contributed by atoms with E-state index in [0.717, 1.165) is 27.7 Å². The van der Waals surface area contributed by atoms with Crippen LogP contribution in [0.1, 0.15) is 5.56 Å². The lowest BCUT2D eigenvalue weighted by Crippen LogP contribution is -1.92. The molecule has 1 heterocycles. The molecule has 0 N–H and O–H groups in total. The van der Waals surface area contributed by atoms with Gasteiger partial charge in [0.1, 0.15) is 0 Å². The molecule has 0 fully saturated rings. The number of hydrogen-bond donors (Lipinski definition) is 0. The van der Waals surface area contributed by atoms with Crippen molar-refractivity contribution in [2.75, 3.05) is 0 Å². The highest BCUT2D eigenvalue weighted by atomic mass is 16.6. The minimum absolute atomic E-state index is 0.0863. The number of rotatable bonds is 2. The number of nitro benzene ring substituents is 1. The van der Waals surface area contributed by atoms with Gasteiger partial charge in [0, 0.05) is 23.1 Å². The SMILES string of the molecule is Cc1cc2c(ccc3ccccc32)nc1-c1ccc([N+](=O)[O-])cc1. The van der Waals surface area contributed by atoms with Gasteiger partial charge in [-0.05, 0) is 47.5 Å². The normalized spacial score (nSPS) is 11.0. The lowest BCUT2D eigenvalue weighted by molar-refractivity contribution is -0.384. The number of hydrogen-bond acceptors (Lipinski definition) is 3. The monoisotopic (exact) mass is 314 g/mol. The van der Waals surface area contributed by atoms with Gasteiger partial charge in [-0.2, -0.15) is 0 Å². The molecule has 0 unspecified atom stereocenters. The largest absolute Gasteiger partial charge is 0.269 e. The molecule has 0 atom stereocenters. The van der Waals surface area contributed by atoms with Gasteiger partial charge in [0.25, 0.3) is 5.69 Å². The van der Waals surface area contributed by atoms with E-state index in [4.69, 9.17) is 4.98 Å². The molecular weight excluding hydrogens is 300 g/mol. The first-order chi connectivity index (χ1) is 11.6. The molecule has 24 heavy (non-hydrogen) atoms. The van der Waals surface area contributed by atoms with Gasteiger partial charge < -0.3 is 0 Å². The van der Waals surface area contributed by atoms with Gasteiger partial charge in [-0.3, -0.25) is 10.1 Å². The summed E-state index contributed by atoms with van der Waals surface area (Å²) in [5, 5.41) is 14.3. The molecule has 0 spiro atoms. The van der Waals surface area contributed by atoms with Crippen LogP contribution in [0.25, 0.3) is 32.9 Å². The van der Waals surface area contributed by atoms with Crippen LogP contribution in [0, 0.1) is 17.0 Å². The zero-order chi connectivity index (χ0) is 16.7. The summed E-state index contributed by atoms with van der Waals surface area (Å²) in [5.41, 5.74) is 3.80.